The Balaban J connectivity index is 1.28. The number of fused-ring (bicyclic) bond motifs is 1. The van der Waals surface area contributed by atoms with Crippen molar-refractivity contribution in [1.82, 2.24) is 34.0 Å². The summed E-state index contributed by atoms with van der Waals surface area (Å²) in [6.07, 6.45) is 3.87. The van der Waals surface area contributed by atoms with Crippen molar-refractivity contribution in [3.8, 4) is 5.69 Å². The zero-order valence-corrected chi connectivity index (χ0v) is 21.8. The van der Waals surface area contributed by atoms with Gasteiger partial charge in [-0.3, -0.25) is 4.79 Å². The van der Waals surface area contributed by atoms with E-state index in [1.807, 2.05) is 44.5 Å². The van der Waals surface area contributed by atoms with Crippen molar-refractivity contribution in [3.05, 3.63) is 84.7 Å². The van der Waals surface area contributed by atoms with E-state index in [4.69, 9.17) is 4.98 Å². The molecule has 1 amide bonds. The Bertz CT molecular complexity index is 1660. The maximum Gasteiger partial charge on any atom is 0.416 e. The Hall–Kier alpha value is -4.94. The van der Waals surface area contributed by atoms with Gasteiger partial charge in [-0.05, 0) is 48.4 Å². The summed E-state index contributed by atoms with van der Waals surface area (Å²) in [6.45, 7) is 1.85. The van der Waals surface area contributed by atoms with Crippen LogP contribution in [0, 0.1) is 0 Å². The Kier molecular flexibility index (Phi) is 7.00. The average Bonchev–Trinajstić information content (AvgIpc) is 3.73. The van der Waals surface area contributed by atoms with E-state index < -0.39 is 11.7 Å². The molecule has 1 aliphatic heterocycles. The molecule has 2 N–H and O–H groups in total. The highest BCUT2D eigenvalue weighted by atomic mass is 19.4. The van der Waals surface area contributed by atoms with Gasteiger partial charge in [-0.25, -0.2) is 9.97 Å². The summed E-state index contributed by atoms with van der Waals surface area (Å²) >= 11 is 0. The first-order valence-electron chi connectivity index (χ1n) is 13.1. The lowest BCUT2D eigenvalue weighted by atomic mass is 10.1. The standard InChI is InChI=1S/C28H26F3N9O/c29-28(30,31)20-4-1-3-19(15-20)16-33-25-24-26(40(18-34-24)14-13-38-11-2-5-23(38)41)37-27(36-25)35-21-6-8-22(9-7-21)39-12-10-32-17-39/h1,3-4,6-10,12,15,17-18H,2,5,11,13-14,16H2,(H2,33,35,36,37). The Morgan fingerprint density at radius 1 is 1.00 bits per heavy atom. The van der Waals surface area contributed by atoms with Crippen LogP contribution in [0.1, 0.15) is 24.0 Å². The molecule has 4 heterocycles. The maximum absolute atomic E-state index is 13.2. The Labute approximate surface area is 232 Å². The third-order valence-corrected chi connectivity index (χ3v) is 6.89. The highest BCUT2D eigenvalue weighted by molar-refractivity contribution is 5.85. The van der Waals surface area contributed by atoms with Gasteiger partial charge in [0.2, 0.25) is 11.9 Å². The van der Waals surface area contributed by atoms with Gasteiger partial charge in [0.25, 0.3) is 0 Å². The minimum atomic E-state index is -4.43. The zero-order valence-electron chi connectivity index (χ0n) is 21.8. The molecule has 1 fully saturated rings. The van der Waals surface area contributed by atoms with E-state index >= 15 is 0 Å². The van der Waals surface area contributed by atoms with Gasteiger partial charge < -0.3 is 24.7 Å². The number of alkyl halides is 3. The van der Waals surface area contributed by atoms with E-state index in [-0.39, 0.29) is 12.5 Å². The molecule has 2 aromatic carbocycles. The molecular formula is C28H26F3N9O. The van der Waals surface area contributed by atoms with Crippen LogP contribution >= 0.6 is 0 Å². The molecule has 1 aliphatic rings. The molecule has 0 unspecified atom stereocenters. The molecule has 0 bridgehead atoms. The lowest BCUT2D eigenvalue weighted by Crippen LogP contribution is -2.28. The number of imidazole rings is 2. The molecular weight excluding hydrogens is 535 g/mol. The number of nitrogens with one attached hydrogen (secondary N) is 2. The topological polar surface area (TPSA) is 106 Å². The molecule has 3 aromatic heterocycles. The summed E-state index contributed by atoms with van der Waals surface area (Å²) in [5, 5.41) is 6.36. The van der Waals surface area contributed by atoms with E-state index in [1.165, 1.54) is 6.07 Å². The van der Waals surface area contributed by atoms with Gasteiger partial charge in [0.15, 0.2) is 17.0 Å². The molecule has 0 saturated carbocycles. The second-order valence-corrected chi connectivity index (χ2v) is 9.68. The van der Waals surface area contributed by atoms with Crippen molar-refractivity contribution in [2.75, 3.05) is 23.7 Å². The molecule has 41 heavy (non-hydrogen) atoms. The van der Waals surface area contributed by atoms with Crippen LogP contribution in [0.2, 0.25) is 0 Å². The van der Waals surface area contributed by atoms with Crippen molar-refractivity contribution in [2.24, 2.45) is 0 Å². The van der Waals surface area contributed by atoms with Crippen LogP contribution in [-0.2, 0) is 24.1 Å². The number of carbonyl (C=O) groups excluding carboxylic acids is 1. The van der Waals surface area contributed by atoms with Crippen molar-refractivity contribution >= 4 is 34.5 Å². The van der Waals surface area contributed by atoms with Crippen molar-refractivity contribution in [2.45, 2.75) is 32.1 Å². The first-order valence-corrected chi connectivity index (χ1v) is 13.1. The van der Waals surface area contributed by atoms with E-state index in [0.717, 1.165) is 36.5 Å². The van der Waals surface area contributed by atoms with Crippen LogP contribution < -0.4 is 10.6 Å². The predicted molar refractivity (Wildman–Crippen MR) is 147 cm³/mol. The van der Waals surface area contributed by atoms with Crippen LogP contribution in [0.5, 0.6) is 0 Å². The molecule has 0 aliphatic carbocycles. The number of rotatable bonds is 9. The van der Waals surface area contributed by atoms with E-state index in [1.54, 1.807) is 24.9 Å². The fourth-order valence-electron chi connectivity index (χ4n) is 4.76. The molecule has 0 spiro atoms. The first kappa shape index (κ1) is 26.3. The smallest absolute Gasteiger partial charge is 0.364 e. The molecule has 5 aromatic rings. The predicted octanol–water partition coefficient (Wildman–Crippen LogP) is 5.01. The van der Waals surface area contributed by atoms with E-state index in [9.17, 15) is 18.0 Å². The summed E-state index contributed by atoms with van der Waals surface area (Å²) in [5.41, 5.74) is 2.42. The number of halogens is 3. The third kappa shape index (κ3) is 5.83. The van der Waals surface area contributed by atoms with Gasteiger partial charge in [0.1, 0.15) is 0 Å². The van der Waals surface area contributed by atoms with Gasteiger partial charge in [-0.1, -0.05) is 12.1 Å². The number of hydrogen-bond donors (Lipinski definition) is 2. The van der Waals surface area contributed by atoms with Gasteiger partial charge in [0, 0.05) is 56.4 Å². The molecule has 210 valence electrons. The fourth-order valence-corrected chi connectivity index (χ4v) is 4.76. The van der Waals surface area contributed by atoms with Crippen molar-refractivity contribution < 1.29 is 18.0 Å². The fraction of sp³-hybridized carbons (Fsp3) is 0.250. The second kappa shape index (κ2) is 10.9. The van der Waals surface area contributed by atoms with E-state index in [0.29, 0.717) is 48.0 Å². The minimum Gasteiger partial charge on any atom is -0.364 e. The molecule has 0 atom stereocenters. The van der Waals surface area contributed by atoms with Crippen LogP contribution in [0.4, 0.5) is 30.6 Å². The SMILES string of the molecule is O=C1CCCN1CCn1cnc2c(NCc3cccc(C(F)(F)F)c3)nc(Nc3ccc(-n4ccnc4)cc3)nc21. The van der Waals surface area contributed by atoms with Gasteiger partial charge in [0.05, 0.1) is 18.2 Å². The normalized spacial score (nSPS) is 13.7. The number of nitrogens with zero attached hydrogens (tertiary/aromatic N) is 7. The number of benzene rings is 2. The number of amides is 1. The molecule has 0 radical (unpaired) electrons. The highest BCUT2D eigenvalue weighted by Crippen LogP contribution is 2.30. The second-order valence-electron chi connectivity index (χ2n) is 9.68. The minimum absolute atomic E-state index is 0.101. The third-order valence-electron chi connectivity index (χ3n) is 6.89. The summed E-state index contributed by atoms with van der Waals surface area (Å²) < 4.78 is 43.4. The molecule has 10 nitrogen and oxygen atoms in total. The number of carbonyl (C=O) groups is 1. The molecule has 6 rings (SSSR count). The zero-order chi connectivity index (χ0) is 28.4. The van der Waals surface area contributed by atoms with Gasteiger partial charge in [-0.15, -0.1) is 0 Å². The summed E-state index contributed by atoms with van der Waals surface area (Å²) in [4.78, 5) is 31.8. The highest BCUT2D eigenvalue weighted by Gasteiger charge is 2.30. The van der Waals surface area contributed by atoms with Crippen molar-refractivity contribution in [1.29, 1.82) is 0 Å². The van der Waals surface area contributed by atoms with Crippen LogP contribution in [-0.4, -0.2) is 53.0 Å². The van der Waals surface area contributed by atoms with E-state index in [2.05, 4.69) is 25.6 Å². The number of likely N-dealkylation sites (tertiary alicyclic amines) is 1. The quantitative estimate of drug-likeness (QED) is 0.261. The largest absolute Gasteiger partial charge is 0.416 e. The average molecular weight is 562 g/mol. The number of anilines is 3. The lowest BCUT2D eigenvalue weighted by molar-refractivity contribution is -0.137. The van der Waals surface area contributed by atoms with Crippen LogP contribution in [0.3, 0.4) is 0 Å². The summed E-state index contributed by atoms with van der Waals surface area (Å²) in [5.74, 6) is 0.799. The number of aromatic nitrogens is 6. The molecule has 1 saturated heterocycles. The van der Waals surface area contributed by atoms with Crippen molar-refractivity contribution in [3.63, 3.8) is 0 Å². The molecule has 13 heteroatoms. The lowest BCUT2D eigenvalue weighted by Gasteiger charge is -2.16. The first-order chi connectivity index (χ1) is 19.8. The van der Waals surface area contributed by atoms with Crippen LogP contribution in [0.15, 0.2) is 73.6 Å². The monoisotopic (exact) mass is 561 g/mol. The summed E-state index contributed by atoms with van der Waals surface area (Å²) in [7, 11) is 0. The Morgan fingerprint density at radius 2 is 1.85 bits per heavy atom. The summed E-state index contributed by atoms with van der Waals surface area (Å²) in [6, 6.07) is 12.8. The van der Waals surface area contributed by atoms with Gasteiger partial charge >= 0.3 is 6.18 Å². The van der Waals surface area contributed by atoms with Gasteiger partial charge in [-0.2, -0.15) is 23.1 Å². The van der Waals surface area contributed by atoms with Crippen LogP contribution in [0.25, 0.3) is 16.9 Å². The number of hydrogen-bond acceptors (Lipinski definition) is 7. The Morgan fingerprint density at radius 3 is 2.59 bits per heavy atom. The maximum atomic E-state index is 13.2.